The molecule has 0 saturated heterocycles. The fourth-order valence-electron chi connectivity index (χ4n) is 7.11. The third kappa shape index (κ3) is 5.20. The van der Waals surface area contributed by atoms with E-state index in [1.165, 1.54) is 102 Å². The smallest absolute Gasteiger partial charge is 1.00 e. The van der Waals surface area contributed by atoms with Crippen LogP contribution in [0.4, 0.5) is 0 Å². The van der Waals surface area contributed by atoms with Crippen molar-refractivity contribution in [1.82, 2.24) is 0 Å². The van der Waals surface area contributed by atoms with E-state index < -0.39 is 0 Å². The largest absolute Gasteiger partial charge is 1.00 e. The number of rotatable bonds is 5. The van der Waals surface area contributed by atoms with Gasteiger partial charge in [0.2, 0.25) is 0 Å². The van der Waals surface area contributed by atoms with Crippen molar-refractivity contribution in [2.45, 2.75) is 64.2 Å². The summed E-state index contributed by atoms with van der Waals surface area (Å²) < 4.78 is 1.51. The minimum absolute atomic E-state index is 0. The average Bonchev–Trinajstić information content (AvgIpc) is 3.59. The third-order valence-corrected chi connectivity index (χ3v) is 11.2. The normalized spacial score (nSPS) is 15.3. The van der Waals surface area contributed by atoms with E-state index in [0.29, 0.717) is 0 Å². The van der Waals surface area contributed by atoms with Gasteiger partial charge in [0.25, 0.3) is 0 Å². The summed E-state index contributed by atoms with van der Waals surface area (Å²) in [6, 6.07) is 32.0. The van der Waals surface area contributed by atoms with Gasteiger partial charge in [0, 0.05) is 0 Å². The predicted molar refractivity (Wildman–Crippen MR) is 168 cm³/mol. The van der Waals surface area contributed by atoms with Crippen molar-refractivity contribution in [3.05, 3.63) is 157 Å². The van der Waals surface area contributed by atoms with Crippen LogP contribution >= 0.6 is 0 Å². The molecule has 3 aliphatic carbocycles. The zero-order chi connectivity index (χ0) is 28.4. The van der Waals surface area contributed by atoms with Gasteiger partial charge in [-0.05, 0) is 0 Å². The van der Waals surface area contributed by atoms with Gasteiger partial charge in [0.15, 0.2) is 0 Å². The molecule has 215 valence electrons. The van der Waals surface area contributed by atoms with Crippen molar-refractivity contribution in [3.8, 4) is 0 Å². The Hall–Kier alpha value is -2.44. The van der Waals surface area contributed by atoms with Gasteiger partial charge in [-0.15, -0.1) is 0 Å². The van der Waals surface area contributed by atoms with Crippen LogP contribution in [0, 0.1) is 10.4 Å². The molecule has 0 bridgehead atoms. The summed E-state index contributed by atoms with van der Waals surface area (Å²) in [6.45, 7) is 9.60. The molecule has 0 atom stereocenters. The van der Waals surface area contributed by atoms with Crippen molar-refractivity contribution >= 4 is 14.4 Å². The summed E-state index contributed by atoms with van der Waals surface area (Å²) >= 11 is 1.49. The molecule has 0 N–H and O–H groups in total. The average molecular weight is 680 g/mol. The number of halogens is 2. The van der Waals surface area contributed by atoms with E-state index in [2.05, 4.69) is 131 Å². The molecular weight excluding hydrogens is 643 g/mol. The summed E-state index contributed by atoms with van der Waals surface area (Å²) in [5.74, 6) is 0. The molecule has 3 aliphatic rings. The summed E-state index contributed by atoms with van der Waals surface area (Å²) in [4.78, 5) is 0. The summed E-state index contributed by atoms with van der Waals surface area (Å²) in [7, 11) is 0. The number of hydrogen-bond donors (Lipinski definition) is 0. The molecular formula is C40H37Cl2Zr. The van der Waals surface area contributed by atoms with Gasteiger partial charge in [-0.3, -0.25) is 0 Å². The molecule has 0 unspecified atom stereocenters. The minimum atomic E-state index is -0.111. The Labute approximate surface area is 283 Å². The zero-order valence-corrected chi connectivity index (χ0v) is 29.4. The van der Waals surface area contributed by atoms with E-state index in [1.807, 2.05) is 0 Å². The molecule has 0 aromatic heterocycles. The third-order valence-electron chi connectivity index (χ3n) is 9.95. The van der Waals surface area contributed by atoms with Crippen LogP contribution in [0.3, 0.4) is 0 Å². The first-order valence-corrected chi connectivity index (χ1v) is 16.3. The molecule has 4 aromatic carbocycles. The van der Waals surface area contributed by atoms with E-state index in [1.54, 1.807) is 10.8 Å². The number of benzene rings is 4. The van der Waals surface area contributed by atoms with Crippen molar-refractivity contribution < 1.29 is 49.5 Å². The Bertz CT molecular complexity index is 1980. The van der Waals surface area contributed by atoms with Gasteiger partial charge >= 0.3 is 261 Å². The topological polar surface area (TPSA) is 0 Å². The fourth-order valence-corrected chi connectivity index (χ4v) is 8.29. The first-order valence-electron chi connectivity index (χ1n) is 15.1. The van der Waals surface area contributed by atoms with Crippen molar-refractivity contribution in [2.75, 3.05) is 0 Å². The molecule has 0 aliphatic heterocycles. The van der Waals surface area contributed by atoms with Gasteiger partial charge in [0.1, 0.15) is 0 Å². The van der Waals surface area contributed by atoms with E-state index in [-0.39, 0.29) is 35.6 Å². The molecule has 7 rings (SSSR count). The van der Waals surface area contributed by atoms with Crippen LogP contribution < -0.4 is 35.3 Å². The number of hydrogen-bond acceptors (Lipinski definition) is 0. The molecule has 0 amide bonds. The van der Waals surface area contributed by atoms with Crippen LogP contribution in [0.25, 0.3) is 14.4 Å². The van der Waals surface area contributed by atoms with Gasteiger partial charge in [-0.2, -0.15) is 0 Å². The fraction of sp³-hybridized carbons (Fsp3) is 0.250. The predicted octanol–water partition coefficient (Wildman–Crippen LogP) is 2.33. The van der Waals surface area contributed by atoms with E-state index in [9.17, 15) is 0 Å². The first-order chi connectivity index (χ1) is 19.8. The molecule has 0 radical (unpaired) electrons. The standard InChI is InChI=1S/C40H37.2ClH.Zr/c1-39(2,30-18-7-5-8-19-30)32-23-22-29-24-35-34(33(29)25-32)26-36(40(3,4)31-20-9-6-10-21-31)38(28-16-13-17-28)37(35)27-14-11-12-15-27;;;/h5-12,14,18-23,25-26H,13,15-17H2,1-4H3;2*1H;/q;;;+2/p-2. The van der Waals surface area contributed by atoms with E-state index in [4.69, 9.17) is 0 Å². The molecule has 0 nitrogen and oxygen atoms in total. The monoisotopic (exact) mass is 677 g/mol. The molecule has 1 fully saturated rings. The minimum Gasteiger partial charge on any atom is -1.00 e. The van der Waals surface area contributed by atoms with Crippen molar-refractivity contribution in [3.63, 3.8) is 0 Å². The van der Waals surface area contributed by atoms with Crippen LogP contribution in [0.15, 0.2) is 103 Å². The van der Waals surface area contributed by atoms with Crippen molar-refractivity contribution in [2.24, 2.45) is 0 Å². The van der Waals surface area contributed by atoms with Crippen LogP contribution in [0.1, 0.15) is 86.8 Å². The second-order valence-electron chi connectivity index (χ2n) is 13.0. The summed E-state index contributed by atoms with van der Waals surface area (Å²) in [5.41, 5.74) is 11.6. The molecule has 0 heterocycles. The van der Waals surface area contributed by atoms with Crippen LogP contribution in [0.2, 0.25) is 0 Å². The molecule has 43 heavy (non-hydrogen) atoms. The van der Waals surface area contributed by atoms with Gasteiger partial charge < -0.3 is 24.8 Å². The Morgan fingerprint density at radius 3 is 1.81 bits per heavy atom. The number of fused-ring (bicyclic) bond motifs is 2. The zero-order valence-electron chi connectivity index (χ0n) is 25.4. The molecule has 0 spiro atoms. The Morgan fingerprint density at radius 1 is 0.628 bits per heavy atom. The second kappa shape index (κ2) is 12.2. The molecule has 3 heteroatoms. The summed E-state index contributed by atoms with van der Waals surface area (Å²) in [5, 5.41) is 5.83. The van der Waals surface area contributed by atoms with E-state index in [0.717, 1.165) is 6.42 Å². The van der Waals surface area contributed by atoms with E-state index >= 15 is 0 Å². The second-order valence-corrected chi connectivity index (χ2v) is 14.2. The first kappa shape index (κ1) is 32.0. The maximum atomic E-state index is 2.60. The Kier molecular flexibility index (Phi) is 9.04. The molecule has 1 saturated carbocycles. The summed E-state index contributed by atoms with van der Waals surface area (Å²) in [6.07, 6.45) is 11.7. The van der Waals surface area contributed by atoms with Crippen molar-refractivity contribution in [1.29, 1.82) is 0 Å². The van der Waals surface area contributed by atoms with Gasteiger partial charge in [0.05, 0.1) is 0 Å². The Morgan fingerprint density at radius 2 is 1.26 bits per heavy atom. The SMILES string of the molecule is CC(C)(c1ccccc1)c1ccc2c(c1)=c1cc(C(C)(C)c3ccccc3)c(=C3CCC3)c(C3=CC=CC3)c1[C]=2[Zr+2].[Cl-].[Cl-]. The maximum absolute atomic E-state index is 2.60. The van der Waals surface area contributed by atoms with Crippen LogP contribution in [-0.2, 0) is 35.5 Å². The van der Waals surface area contributed by atoms with Crippen LogP contribution in [0.5, 0.6) is 0 Å². The van der Waals surface area contributed by atoms with Gasteiger partial charge in [-0.25, -0.2) is 0 Å². The number of allylic oxidation sites excluding steroid dienone is 4. The van der Waals surface area contributed by atoms with Crippen LogP contribution in [-0.4, -0.2) is 0 Å². The maximum Gasteiger partial charge on any atom is -1.00 e. The quantitative estimate of drug-likeness (QED) is 0.304. The van der Waals surface area contributed by atoms with Gasteiger partial charge in [-0.1, -0.05) is 0 Å². The molecule has 4 aromatic rings. The Balaban J connectivity index is 0.00000184.